The van der Waals surface area contributed by atoms with E-state index in [0.717, 1.165) is 5.69 Å². The molecule has 1 aromatic heterocycles. The number of hydrogen-bond donors (Lipinski definition) is 2. The highest BCUT2D eigenvalue weighted by Crippen LogP contribution is 2.21. The highest BCUT2D eigenvalue weighted by Gasteiger charge is 2.18. The van der Waals surface area contributed by atoms with Crippen molar-refractivity contribution in [2.45, 2.75) is 19.5 Å². The molecule has 0 radical (unpaired) electrons. The molecule has 0 saturated heterocycles. The van der Waals surface area contributed by atoms with Crippen LogP contribution >= 0.6 is 0 Å². The summed E-state index contributed by atoms with van der Waals surface area (Å²) >= 11 is 0. The second kappa shape index (κ2) is 7.88. The minimum atomic E-state index is -0.229. The molecule has 3 N–H and O–H groups in total. The van der Waals surface area contributed by atoms with E-state index in [4.69, 9.17) is 5.73 Å². The molecule has 3 aromatic rings. The molecule has 0 aliphatic heterocycles. The van der Waals surface area contributed by atoms with Crippen LogP contribution in [0.5, 0.6) is 0 Å². The molecule has 0 bridgehead atoms. The van der Waals surface area contributed by atoms with E-state index in [1.807, 2.05) is 55.3 Å². The standard InChI is InChI=1S/C19H21FN6/c1-13(26(2)12-14-8-6-7-11-16(14)20)17-23-18(21)25-19(24-17)22-15-9-4-3-5-10-15/h3-11,13H,12H2,1-2H3,(H3,21,22,23,24,25). The summed E-state index contributed by atoms with van der Waals surface area (Å²) in [7, 11) is 1.89. The quantitative estimate of drug-likeness (QED) is 0.706. The Morgan fingerprint density at radius 1 is 1.04 bits per heavy atom. The average Bonchev–Trinajstić information content (AvgIpc) is 2.63. The maximum Gasteiger partial charge on any atom is 0.232 e. The Hall–Kier alpha value is -3.06. The van der Waals surface area contributed by atoms with E-state index in [-0.39, 0.29) is 17.8 Å². The molecule has 0 amide bonds. The number of benzene rings is 2. The monoisotopic (exact) mass is 352 g/mol. The number of nitrogens with one attached hydrogen (secondary N) is 1. The van der Waals surface area contributed by atoms with E-state index < -0.39 is 0 Å². The molecule has 26 heavy (non-hydrogen) atoms. The zero-order valence-electron chi connectivity index (χ0n) is 14.7. The summed E-state index contributed by atoms with van der Waals surface area (Å²) in [6.07, 6.45) is 0. The maximum absolute atomic E-state index is 13.9. The topological polar surface area (TPSA) is 80.0 Å². The first-order chi connectivity index (χ1) is 12.5. The predicted molar refractivity (Wildman–Crippen MR) is 100 cm³/mol. The van der Waals surface area contributed by atoms with E-state index >= 15 is 0 Å². The maximum atomic E-state index is 13.9. The minimum absolute atomic E-state index is 0.138. The van der Waals surface area contributed by atoms with Crippen LogP contribution in [0.15, 0.2) is 54.6 Å². The van der Waals surface area contributed by atoms with Gasteiger partial charge >= 0.3 is 0 Å². The molecule has 1 atom stereocenters. The van der Waals surface area contributed by atoms with Crippen LogP contribution in [-0.4, -0.2) is 26.9 Å². The summed E-state index contributed by atoms with van der Waals surface area (Å²) < 4.78 is 13.9. The van der Waals surface area contributed by atoms with Gasteiger partial charge in [-0.1, -0.05) is 36.4 Å². The largest absolute Gasteiger partial charge is 0.368 e. The third-order valence-electron chi connectivity index (χ3n) is 4.11. The molecule has 6 nitrogen and oxygen atoms in total. The summed E-state index contributed by atoms with van der Waals surface area (Å²) in [6.45, 7) is 2.38. The zero-order chi connectivity index (χ0) is 18.5. The van der Waals surface area contributed by atoms with Gasteiger partial charge in [0.2, 0.25) is 11.9 Å². The highest BCUT2D eigenvalue weighted by atomic mass is 19.1. The third-order valence-corrected chi connectivity index (χ3v) is 4.11. The van der Waals surface area contributed by atoms with Gasteiger partial charge < -0.3 is 11.1 Å². The SMILES string of the molecule is CC(c1nc(N)nc(Nc2ccccc2)n1)N(C)Cc1ccccc1F. The fourth-order valence-electron chi connectivity index (χ4n) is 2.53. The van der Waals surface area contributed by atoms with E-state index in [9.17, 15) is 4.39 Å². The van der Waals surface area contributed by atoms with E-state index in [1.165, 1.54) is 6.07 Å². The van der Waals surface area contributed by atoms with E-state index in [1.54, 1.807) is 12.1 Å². The Balaban J connectivity index is 1.78. The normalized spacial score (nSPS) is 12.2. The number of nitrogens with zero attached hydrogens (tertiary/aromatic N) is 4. The van der Waals surface area contributed by atoms with Crippen molar-refractivity contribution < 1.29 is 4.39 Å². The molecule has 0 saturated carbocycles. The summed E-state index contributed by atoms with van der Waals surface area (Å²) in [5, 5.41) is 3.12. The van der Waals surface area contributed by atoms with Crippen molar-refractivity contribution in [1.29, 1.82) is 0 Å². The summed E-state index contributed by atoms with van der Waals surface area (Å²) in [4.78, 5) is 14.8. The molecule has 0 fully saturated rings. The number of rotatable bonds is 6. The number of aromatic nitrogens is 3. The lowest BCUT2D eigenvalue weighted by Crippen LogP contribution is -2.25. The van der Waals surface area contributed by atoms with Gasteiger partial charge in [0.1, 0.15) is 5.82 Å². The lowest BCUT2D eigenvalue weighted by atomic mass is 10.1. The first-order valence-corrected chi connectivity index (χ1v) is 8.30. The number of nitrogens with two attached hydrogens (primary N) is 1. The highest BCUT2D eigenvalue weighted by molar-refractivity contribution is 5.53. The summed E-state index contributed by atoms with van der Waals surface area (Å²) in [5.41, 5.74) is 7.32. The predicted octanol–water partition coefficient (Wildman–Crippen LogP) is 3.53. The molecule has 0 aliphatic rings. The van der Waals surface area contributed by atoms with Crippen molar-refractivity contribution in [2.24, 2.45) is 0 Å². The zero-order valence-corrected chi connectivity index (χ0v) is 14.7. The first kappa shape index (κ1) is 17.8. The molecule has 0 spiro atoms. The van der Waals surface area contributed by atoms with Crippen LogP contribution in [0.2, 0.25) is 0 Å². The van der Waals surface area contributed by atoms with Crippen molar-refractivity contribution in [3.8, 4) is 0 Å². The minimum Gasteiger partial charge on any atom is -0.368 e. The number of anilines is 3. The van der Waals surface area contributed by atoms with Crippen molar-refractivity contribution in [3.63, 3.8) is 0 Å². The third kappa shape index (κ3) is 4.31. The van der Waals surface area contributed by atoms with Crippen LogP contribution in [-0.2, 0) is 6.54 Å². The van der Waals surface area contributed by atoms with Gasteiger partial charge in [0, 0.05) is 17.8 Å². The fraction of sp³-hybridized carbons (Fsp3) is 0.211. The van der Waals surface area contributed by atoms with Crippen LogP contribution in [0, 0.1) is 5.82 Å². The molecular formula is C19H21FN6. The molecule has 0 aliphatic carbocycles. The summed E-state index contributed by atoms with van der Waals surface area (Å²) in [6, 6.07) is 16.1. The van der Waals surface area contributed by atoms with Crippen molar-refractivity contribution in [1.82, 2.24) is 19.9 Å². The Kier molecular flexibility index (Phi) is 5.38. The van der Waals surface area contributed by atoms with Crippen LogP contribution in [0.3, 0.4) is 0 Å². The molecule has 3 rings (SSSR count). The van der Waals surface area contributed by atoms with Gasteiger partial charge in [-0.2, -0.15) is 15.0 Å². The van der Waals surface area contributed by atoms with Crippen molar-refractivity contribution >= 4 is 17.6 Å². The van der Waals surface area contributed by atoms with Crippen molar-refractivity contribution in [3.05, 3.63) is 71.8 Å². The number of nitrogen functional groups attached to an aromatic ring is 1. The van der Waals surface area contributed by atoms with Gasteiger partial charge in [-0.3, -0.25) is 4.90 Å². The number of hydrogen-bond acceptors (Lipinski definition) is 6. The van der Waals surface area contributed by atoms with Crippen LogP contribution in [0.4, 0.5) is 22.0 Å². The van der Waals surface area contributed by atoms with E-state index in [0.29, 0.717) is 23.9 Å². The summed E-state index contributed by atoms with van der Waals surface area (Å²) in [5.74, 6) is 0.812. The van der Waals surface area contributed by atoms with Crippen LogP contribution in [0.1, 0.15) is 24.4 Å². The fourth-order valence-corrected chi connectivity index (χ4v) is 2.53. The molecular weight excluding hydrogens is 331 g/mol. The smallest absolute Gasteiger partial charge is 0.232 e. The van der Waals surface area contributed by atoms with Crippen molar-refractivity contribution in [2.75, 3.05) is 18.1 Å². The first-order valence-electron chi connectivity index (χ1n) is 8.30. The molecule has 1 unspecified atom stereocenters. The molecule has 7 heteroatoms. The average molecular weight is 352 g/mol. The van der Waals surface area contributed by atoms with Crippen LogP contribution in [0.25, 0.3) is 0 Å². The Morgan fingerprint density at radius 2 is 1.73 bits per heavy atom. The Labute approximate surface area is 151 Å². The van der Waals surface area contributed by atoms with Gasteiger partial charge in [0.05, 0.1) is 6.04 Å². The lowest BCUT2D eigenvalue weighted by molar-refractivity contribution is 0.240. The Morgan fingerprint density at radius 3 is 2.46 bits per heavy atom. The van der Waals surface area contributed by atoms with Gasteiger partial charge in [0.25, 0.3) is 0 Å². The number of halogens is 1. The number of para-hydroxylation sites is 1. The second-order valence-electron chi connectivity index (χ2n) is 6.05. The second-order valence-corrected chi connectivity index (χ2v) is 6.05. The van der Waals surface area contributed by atoms with Gasteiger partial charge in [-0.15, -0.1) is 0 Å². The van der Waals surface area contributed by atoms with E-state index in [2.05, 4.69) is 20.3 Å². The van der Waals surface area contributed by atoms with Crippen LogP contribution < -0.4 is 11.1 Å². The molecule has 1 heterocycles. The molecule has 134 valence electrons. The Bertz CT molecular complexity index is 871. The van der Waals surface area contributed by atoms with Gasteiger partial charge in [-0.05, 0) is 32.2 Å². The van der Waals surface area contributed by atoms with Gasteiger partial charge in [0.15, 0.2) is 5.82 Å². The lowest BCUT2D eigenvalue weighted by Gasteiger charge is -2.24. The molecule has 2 aromatic carbocycles. The van der Waals surface area contributed by atoms with Gasteiger partial charge in [-0.25, -0.2) is 4.39 Å².